The third kappa shape index (κ3) is 3.56. The molecule has 0 saturated heterocycles. The summed E-state index contributed by atoms with van der Waals surface area (Å²) in [5, 5.41) is 5.76. The maximum Gasteiger partial charge on any atom is 0.320 e. The van der Waals surface area contributed by atoms with Gasteiger partial charge in [0.25, 0.3) is 0 Å². The molecule has 0 atom stereocenters. The Morgan fingerprint density at radius 3 is 2.73 bits per heavy atom. The topological polar surface area (TPSA) is 99.8 Å². The van der Waals surface area contributed by atoms with Crippen LogP contribution in [-0.2, 0) is 0 Å². The zero-order valence-electron chi connectivity index (χ0n) is 14.2. The number of amides is 2. The highest BCUT2D eigenvalue weighted by Gasteiger charge is 2.17. The van der Waals surface area contributed by atoms with E-state index in [4.69, 9.17) is 0 Å². The van der Waals surface area contributed by atoms with E-state index in [2.05, 4.69) is 25.6 Å². The number of pyridine rings is 3. The molecule has 0 bridgehead atoms. The van der Waals surface area contributed by atoms with Crippen molar-refractivity contribution >= 4 is 22.9 Å². The number of rotatable bonds is 3. The molecule has 4 rings (SSSR count). The molecule has 0 unspecified atom stereocenters. The molecule has 3 aromatic rings. The van der Waals surface area contributed by atoms with Crippen LogP contribution in [0.1, 0.15) is 25.7 Å². The lowest BCUT2D eigenvalue weighted by Crippen LogP contribution is -2.36. The van der Waals surface area contributed by atoms with Gasteiger partial charge >= 0.3 is 6.03 Å². The number of hydrogen-bond donors (Lipinski definition) is 3. The number of H-pyrrole nitrogens is 1. The highest BCUT2D eigenvalue weighted by molar-refractivity contribution is 5.90. The molecule has 1 aliphatic carbocycles. The lowest BCUT2D eigenvalue weighted by molar-refractivity contribution is 0.248. The van der Waals surface area contributed by atoms with E-state index in [0.29, 0.717) is 11.3 Å². The quantitative estimate of drug-likeness (QED) is 0.676. The number of nitrogens with zero attached hydrogens (tertiary/aromatic N) is 2. The Hall–Kier alpha value is -3.22. The minimum Gasteiger partial charge on any atom is -0.335 e. The number of hydrogen-bond acceptors (Lipinski definition) is 4. The van der Waals surface area contributed by atoms with E-state index in [1.807, 2.05) is 12.1 Å². The lowest BCUT2D eigenvalue weighted by Gasteiger charge is -2.12. The first-order valence-electron chi connectivity index (χ1n) is 8.71. The molecule has 2 amide bonds. The number of carbonyl (C=O) groups is 1. The van der Waals surface area contributed by atoms with E-state index in [0.717, 1.165) is 42.3 Å². The van der Waals surface area contributed by atoms with Gasteiger partial charge in [0.2, 0.25) is 5.56 Å². The molecule has 0 aromatic carbocycles. The largest absolute Gasteiger partial charge is 0.335 e. The van der Waals surface area contributed by atoms with Crippen LogP contribution >= 0.6 is 0 Å². The van der Waals surface area contributed by atoms with Crippen molar-refractivity contribution < 1.29 is 4.79 Å². The predicted octanol–water partition coefficient (Wildman–Crippen LogP) is 3.05. The van der Waals surface area contributed by atoms with E-state index >= 15 is 0 Å². The molecule has 7 heteroatoms. The molecule has 3 heterocycles. The predicted molar refractivity (Wildman–Crippen MR) is 100 cm³/mol. The van der Waals surface area contributed by atoms with Crippen molar-refractivity contribution in [3.05, 3.63) is 53.1 Å². The van der Waals surface area contributed by atoms with Crippen molar-refractivity contribution in [2.45, 2.75) is 31.7 Å². The molecule has 1 aliphatic rings. The fourth-order valence-electron chi connectivity index (χ4n) is 3.27. The van der Waals surface area contributed by atoms with Crippen LogP contribution in [0, 0.1) is 0 Å². The first-order valence-corrected chi connectivity index (χ1v) is 8.71. The Labute approximate surface area is 149 Å². The number of aromatic amines is 1. The van der Waals surface area contributed by atoms with Crippen LogP contribution in [0.3, 0.4) is 0 Å². The Kier molecular flexibility index (Phi) is 4.35. The van der Waals surface area contributed by atoms with Gasteiger partial charge in [-0.05, 0) is 42.7 Å². The molecule has 1 saturated carbocycles. The van der Waals surface area contributed by atoms with E-state index < -0.39 is 0 Å². The van der Waals surface area contributed by atoms with Gasteiger partial charge in [-0.25, -0.2) is 9.78 Å². The van der Waals surface area contributed by atoms with Crippen molar-refractivity contribution in [1.82, 2.24) is 20.3 Å². The molecule has 0 spiro atoms. The van der Waals surface area contributed by atoms with Crippen LogP contribution in [0.15, 0.2) is 47.5 Å². The van der Waals surface area contributed by atoms with E-state index in [1.54, 1.807) is 24.5 Å². The second-order valence-electron chi connectivity index (χ2n) is 6.48. The summed E-state index contributed by atoms with van der Waals surface area (Å²) in [6, 6.07) is 8.74. The fourth-order valence-corrected chi connectivity index (χ4v) is 3.27. The summed E-state index contributed by atoms with van der Waals surface area (Å²) in [4.78, 5) is 35.1. The highest BCUT2D eigenvalue weighted by atomic mass is 16.2. The summed E-state index contributed by atoms with van der Waals surface area (Å²) >= 11 is 0. The molecule has 3 aromatic heterocycles. The Balaban J connectivity index is 1.57. The molecule has 1 fully saturated rings. The zero-order valence-corrected chi connectivity index (χ0v) is 14.2. The molecule has 0 radical (unpaired) electrons. The van der Waals surface area contributed by atoms with Crippen LogP contribution in [0.25, 0.3) is 22.2 Å². The summed E-state index contributed by atoms with van der Waals surface area (Å²) in [5.74, 6) is 0.470. The maximum absolute atomic E-state index is 12.1. The number of carbonyl (C=O) groups excluding carboxylic acids is 1. The maximum atomic E-state index is 12.1. The Morgan fingerprint density at radius 2 is 1.92 bits per heavy atom. The number of nitrogens with one attached hydrogen (secondary N) is 3. The Bertz CT molecular complexity index is 1010. The van der Waals surface area contributed by atoms with Crippen molar-refractivity contribution in [1.29, 1.82) is 0 Å². The average molecular weight is 349 g/mol. The van der Waals surface area contributed by atoms with Gasteiger partial charge in [-0.2, -0.15) is 0 Å². The zero-order chi connectivity index (χ0) is 17.9. The second kappa shape index (κ2) is 6.95. The van der Waals surface area contributed by atoms with Crippen LogP contribution < -0.4 is 16.2 Å². The third-order valence-corrected chi connectivity index (χ3v) is 4.58. The van der Waals surface area contributed by atoms with Crippen molar-refractivity contribution in [2.75, 3.05) is 5.32 Å². The van der Waals surface area contributed by atoms with Crippen molar-refractivity contribution in [3.8, 4) is 11.1 Å². The smallest absolute Gasteiger partial charge is 0.320 e. The highest BCUT2D eigenvalue weighted by Crippen LogP contribution is 2.22. The van der Waals surface area contributed by atoms with Crippen molar-refractivity contribution in [3.63, 3.8) is 0 Å². The summed E-state index contributed by atoms with van der Waals surface area (Å²) in [6.45, 7) is 0. The molecular formula is C19H19N5O2. The fraction of sp³-hybridized carbons (Fsp3) is 0.263. The molecule has 26 heavy (non-hydrogen) atoms. The molecule has 132 valence electrons. The van der Waals surface area contributed by atoms with E-state index in [1.165, 1.54) is 6.07 Å². The van der Waals surface area contributed by atoms with Crippen LogP contribution in [0.5, 0.6) is 0 Å². The molecule has 0 aliphatic heterocycles. The minimum absolute atomic E-state index is 0.172. The number of fused-ring (bicyclic) bond motifs is 1. The van der Waals surface area contributed by atoms with Gasteiger partial charge in [0.05, 0.1) is 11.0 Å². The summed E-state index contributed by atoms with van der Waals surface area (Å²) in [5.41, 5.74) is 2.77. The first kappa shape index (κ1) is 16.3. The van der Waals surface area contributed by atoms with E-state index in [9.17, 15) is 9.59 Å². The molecular weight excluding hydrogens is 330 g/mol. The molecule has 7 nitrogen and oxygen atoms in total. The van der Waals surface area contributed by atoms with Gasteiger partial charge < -0.3 is 10.3 Å². The molecule has 3 N–H and O–H groups in total. The van der Waals surface area contributed by atoms with Gasteiger partial charge in [-0.1, -0.05) is 12.8 Å². The second-order valence-corrected chi connectivity index (χ2v) is 6.48. The number of aromatic nitrogens is 3. The van der Waals surface area contributed by atoms with Gasteiger partial charge in [0.1, 0.15) is 5.82 Å². The SMILES string of the molecule is O=C(Nc1ccc2ncc(-c3cc[nH]c(=O)c3)cc2n1)NC1CCCC1. The minimum atomic E-state index is -0.234. The van der Waals surface area contributed by atoms with Crippen LogP contribution in [0.2, 0.25) is 0 Å². The third-order valence-electron chi connectivity index (χ3n) is 4.58. The van der Waals surface area contributed by atoms with Crippen LogP contribution in [-0.4, -0.2) is 27.0 Å². The van der Waals surface area contributed by atoms with Gasteiger partial charge in [0.15, 0.2) is 0 Å². The monoisotopic (exact) mass is 349 g/mol. The lowest BCUT2D eigenvalue weighted by atomic mass is 10.1. The number of anilines is 1. The average Bonchev–Trinajstić information content (AvgIpc) is 3.14. The standard InChI is InChI=1S/C19H19N5O2/c25-18-10-12(7-8-20-18)13-9-16-15(21-11-13)5-6-17(23-16)24-19(26)22-14-3-1-2-4-14/h5-11,14H,1-4H2,(H,20,25)(H2,22,23,24,26). The van der Waals surface area contributed by atoms with Gasteiger partial charge in [-0.15, -0.1) is 0 Å². The summed E-state index contributed by atoms with van der Waals surface area (Å²) in [7, 11) is 0. The first-order chi connectivity index (χ1) is 12.7. The van der Waals surface area contributed by atoms with Crippen molar-refractivity contribution in [2.24, 2.45) is 0 Å². The normalized spacial score (nSPS) is 14.5. The van der Waals surface area contributed by atoms with E-state index in [-0.39, 0.29) is 17.6 Å². The van der Waals surface area contributed by atoms with Gasteiger partial charge in [0, 0.05) is 30.1 Å². The summed E-state index contributed by atoms with van der Waals surface area (Å²) in [6.07, 6.45) is 7.69. The Morgan fingerprint density at radius 1 is 1.08 bits per heavy atom. The van der Waals surface area contributed by atoms with Crippen LogP contribution in [0.4, 0.5) is 10.6 Å². The van der Waals surface area contributed by atoms with Gasteiger partial charge in [-0.3, -0.25) is 15.1 Å². The number of urea groups is 1. The summed E-state index contributed by atoms with van der Waals surface area (Å²) < 4.78 is 0.